The van der Waals surface area contributed by atoms with E-state index in [4.69, 9.17) is 0 Å². The second-order valence-corrected chi connectivity index (χ2v) is 4.57. The maximum absolute atomic E-state index is 13.3. The first-order chi connectivity index (χ1) is 9.63. The number of aromatic nitrogens is 1. The molecular formula is C15H11FN2O2. The van der Waals surface area contributed by atoms with Crippen LogP contribution in [0.15, 0.2) is 54.7 Å². The van der Waals surface area contributed by atoms with Crippen LogP contribution >= 0.6 is 0 Å². The molecule has 1 aromatic heterocycles. The zero-order valence-corrected chi connectivity index (χ0v) is 10.5. The Kier molecular flexibility index (Phi) is 2.95. The molecule has 3 aromatic rings. The Balaban J connectivity index is 1.92. The number of hydrogen-bond acceptors (Lipinski definition) is 2. The zero-order chi connectivity index (χ0) is 14.1. The second kappa shape index (κ2) is 4.77. The first kappa shape index (κ1) is 12.3. The van der Waals surface area contributed by atoms with Gasteiger partial charge in [-0.3, -0.25) is 10.1 Å². The van der Waals surface area contributed by atoms with Crippen LogP contribution in [0.1, 0.15) is 5.56 Å². The maximum Gasteiger partial charge on any atom is 0.269 e. The molecule has 0 aliphatic heterocycles. The summed E-state index contributed by atoms with van der Waals surface area (Å²) < 4.78 is 15.2. The molecule has 0 fully saturated rings. The molecule has 3 rings (SSSR count). The molecule has 0 bridgehead atoms. The molecule has 4 nitrogen and oxygen atoms in total. The highest BCUT2D eigenvalue weighted by Crippen LogP contribution is 2.19. The summed E-state index contributed by atoms with van der Waals surface area (Å²) in [6, 6.07) is 12.9. The van der Waals surface area contributed by atoms with Crippen molar-refractivity contribution in [1.29, 1.82) is 0 Å². The van der Waals surface area contributed by atoms with E-state index in [9.17, 15) is 14.5 Å². The number of nitrogens with zero attached hydrogens (tertiary/aromatic N) is 2. The van der Waals surface area contributed by atoms with Gasteiger partial charge in [0.2, 0.25) is 0 Å². The molecule has 0 saturated carbocycles. The van der Waals surface area contributed by atoms with Crippen LogP contribution in [0.2, 0.25) is 0 Å². The standard InChI is InChI=1S/C15H11FN2O2/c16-13-4-3-12-7-8-17(15(12)9-13)10-11-1-5-14(6-2-11)18(19)20/h1-9H,10H2. The molecule has 0 aliphatic rings. The first-order valence-electron chi connectivity index (χ1n) is 6.11. The fourth-order valence-corrected chi connectivity index (χ4v) is 2.21. The quantitative estimate of drug-likeness (QED) is 0.537. The van der Waals surface area contributed by atoms with Crippen molar-refractivity contribution in [2.24, 2.45) is 0 Å². The van der Waals surface area contributed by atoms with Gasteiger partial charge in [-0.25, -0.2) is 4.39 Å². The molecule has 0 N–H and O–H groups in total. The lowest BCUT2D eigenvalue weighted by molar-refractivity contribution is -0.384. The van der Waals surface area contributed by atoms with Crippen LogP contribution in [0, 0.1) is 15.9 Å². The normalized spacial score (nSPS) is 10.8. The molecule has 100 valence electrons. The summed E-state index contributed by atoms with van der Waals surface area (Å²) >= 11 is 0. The van der Waals surface area contributed by atoms with E-state index in [2.05, 4.69) is 0 Å². The van der Waals surface area contributed by atoms with Crippen molar-refractivity contribution in [1.82, 2.24) is 4.57 Å². The lowest BCUT2D eigenvalue weighted by Gasteiger charge is -2.05. The van der Waals surface area contributed by atoms with Crippen molar-refractivity contribution in [3.05, 3.63) is 76.2 Å². The number of hydrogen-bond donors (Lipinski definition) is 0. The predicted molar refractivity (Wildman–Crippen MR) is 74.1 cm³/mol. The summed E-state index contributed by atoms with van der Waals surface area (Å²) in [4.78, 5) is 10.2. The highest BCUT2D eigenvalue weighted by molar-refractivity contribution is 5.80. The Morgan fingerprint density at radius 1 is 1.10 bits per heavy atom. The number of rotatable bonds is 3. The van der Waals surface area contributed by atoms with Gasteiger partial charge in [0, 0.05) is 24.9 Å². The lowest BCUT2D eigenvalue weighted by Crippen LogP contribution is -1.98. The summed E-state index contributed by atoms with van der Waals surface area (Å²) in [5, 5.41) is 11.6. The van der Waals surface area contributed by atoms with Crippen molar-refractivity contribution in [2.45, 2.75) is 6.54 Å². The minimum Gasteiger partial charge on any atom is -0.343 e. The van der Waals surface area contributed by atoms with Gasteiger partial charge in [-0.15, -0.1) is 0 Å². The van der Waals surface area contributed by atoms with Gasteiger partial charge in [-0.05, 0) is 35.2 Å². The third-order valence-electron chi connectivity index (χ3n) is 3.24. The van der Waals surface area contributed by atoms with Gasteiger partial charge in [0.25, 0.3) is 5.69 Å². The fourth-order valence-electron chi connectivity index (χ4n) is 2.21. The number of fused-ring (bicyclic) bond motifs is 1. The minimum atomic E-state index is -0.426. The Bertz CT molecular complexity index is 778. The molecular weight excluding hydrogens is 259 g/mol. The van der Waals surface area contributed by atoms with Gasteiger partial charge in [-0.2, -0.15) is 0 Å². The summed E-state index contributed by atoms with van der Waals surface area (Å²) in [6.45, 7) is 0.547. The Morgan fingerprint density at radius 3 is 2.55 bits per heavy atom. The topological polar surface area (TPSA) is 48.1 Å². The minimum absolute atomic E-state index is 0.0668. The Morgan fingerprint density at radius 2 is 1.85 bits per heavy atom. The number of benzene rings is 2. The van der Waals surface area contributed by atoms with Crippen LogP contribution in [0.4, 0.5) is 10.1 Å². The van der Waals surface area contributed by atoms with Crippen LogP contribution < -0.4 is 0 Å². The lowest BCUT2D eigenvalue weighted by atomic mass is 10.2. The van der Waals surface area contributed by atoms with Crippen molar-refractivity contribution >= 4 is 16.6 Å². The average molecular weight is 270 g/mol. The smallest absolute Gasteiger partial charge is 0.269 e. The average Bonchev–Trinajstić information content (AvgIpc) is 2.82. The molecule has 0 unspecified atom stereocenters. The summed E-state index contributed by atoms with van der Waals surface area (Å²) in [6.07, 6.45) is 1.88. The third-order valence-corrected chi connectivity index (χ3v) is 3.24. The largest absolute Gasteiger partial charge is 0.343 e. The van der Waals surface area contributed by atoms with Crippen molar-refractivity contribution in [3.63, 3.8) is 0 Å². The SMILES string of the molecule is O=[N+]([O-])c1ccc(Cn2ccc3ccc(F)cc32)cc1. The molecule has 5 heteroatoms. The molecule has 0 saturated heterocycles. The number of nitro groups is 1. The van der Waals surface area contributed by atoms with E-state index in [-0.39, 0.29) is 11.5 Å². The van der Waals surface area contributed by atoms with Gasteiger partial charge in [0.15, 0.2) is 0 Å². The van der Waals surface area contributed by atoms with E-state index in [1.807, 2.05) is 16.8 Å². The van der Waals surface area contributed by atoms with Crippen molar-refractivity contribution in [2.75, 3.05) is 0 Å². The zero-order valence-electron chi connectivity index (χ0n) is 10.5. The van der Waals surface area contributed by atoms with Crippen LogP contribution in [0.25, 0.3) is 10.9 Å². The Hall–Kier alpha value is -2.69. The van der Waals surface area contributed by atoms with Gasteiger partial charge in [-0.1, -0.05) is 12.1 Å². The summed E-state index contributed by atoms with van der Waals surface area (Å²) in [5.74, 6) is -0.277. The molecule has 0 aliphatic carbocycles. The molecule has 20 heavy (non-hydrogen) atoms. The molecule has 0 radical (unpaired) electrons. The second-order valence-electron chi connectivity index (χ2n) is 4.57. The summed E-state index contributed by atoms with van der Waals surface area (Å²) in [5.41, 5.74) is 1.80. The molecule has 0 atom stereocenters. The van der Waals surface area contributed by atoms with E-state index in [0.717, 1.165) is 16.5 Å². The Labute approximate surface area is 114 Å². The van der Waals surface area contributed by atoms with Gasteiger partial charge in [0.1, 0.15) is 5.82 Å². The van der Waals surface area contributed by atoms with E-state index < -0.39 is 4.92 Å². The van der Waals surface area contributed by atoms with Crippen LogP contribution in [0.3, 0.4) is 0 Å². The monoisotopic (exact) mass is 270 g/mol. The van der Waals surface area contributed by atoms with Gasteiger partial charge >= 0.3 is 0 Å². The molecule has 2 aromatic carbocycles. The fraction of sp³-hybridized carbons (Fsp3) is 0.0667. The number of nitro benzene ring substituents is 1. The predicted octanol–water partition coefficient (Wildman–Crippen LogP) is 3.74. The van der Waals surface area contributed by atoms with Gasteiger partial charge in [0.05, 0.1) is 10.4 Å². The third kappa shape index (κ3) is 2.25. The van der Waals surface area contributed by atoms with Crippen molar-refractivity contribution in [3.8, 4) is 0 Å². The highest BCUT2D eigenvalue weighted by atomic mass is 19.1. The van der Waals surface area contributed by atoms with Crippen molar-refractivity contribution < 1.29 is 9.31 Å². The first-order valence-corrected chi connectivity index (χ1v) is 6.11. The highest BCUT2D eigenvalue weighted by Gasteiger charge is 2.06. The number of non-ortho nitro benzene ring substituents is 1. The molecule has 1 heterocycles. The summed E-state index contributed by atoms with van der Waals surface area (Å²) in [7, 11) is 0. The van der Waals surface area contributed by atoms with Crippen LogP contribution in [-0.4, -0.2) is 9.49 Å². The van der Waals surface area contributed by atoms with E-state index in [1.165, 1.54) is 24.3 Å². The van der Waals surface area contributed by atoms with Gasteiger partial charge < -0.3 is 4.57 Å². The molecule has 0 amide bonds. The van der Waals surface area contributed by atoms with Crippen LogP contribution in [0.5, 0.6) is 0 Å². The van der Waals surface area contributed by atoms with Crippen LogP contribution in [-0.2, 0) is 6.54 Å². The number of halogens is 1. The van der Waals surface area contributed by atoms with E-state index >= 15 is 0 Å². The molecule has 0 spiro atoms. The van der Waals surface area contributed by atoms with E-state index in [1.54, 1.807) is 18.2 Å². The maximum atomic E-state index is 13.3. The van der Waals surface area contributed by atoms with E-state index in [0.29, 0.717) is 6.54 Å².